The summed E-state index contributed by atoms with van der Waals surface area (Å²) in [7, 11) is 0. The number of nitrogens with two attached hydrogens (primary N) is 1. The fraction of sp³-hybridized carbons (Fsp3) is 0.316. The van der Waals surface area contributed by atoms with Crippen LogP contribution in [0.15, 0.2) is 48.5 Å². The van der Waals surface area contributed by atoms with E-state index in [9.17, 15) is 13.6 Å². The van der Waals surface area contributed by atoms with Crippen molar-refractivity contribution in [2.45, 2.75) is 12.5 Å². The van der Waals surface area contributed by atoms with Gasteiger partial charge in [-0.25, -0.2) is 8.78 Å². The second kappa shape index (κ2) is 6.80. The first-order valence-corrected chi connectivity index (χ1v) is 8.23. The maximum Gasteiger partial charge on any atom is 0.247 e. The highest BCUT2D eigenvalue weighted by Gasteiger charge is 2.36. The number of benzene rings is 2. The minimum atomic E-state index is -1.12. The zero-order chi connectivity index (χ0) is 18.0. The molecule has 2 aromatic carbocycles. The molecular weight excluding hydrogens is 324 g/mol. The van der Waals surface area contributed by atoms with Crippen LogP contribution in [0.25, 0.3) is 0 Å². The van der Waals surface area contributed by atoms with Crippen LogP contribution < -0.4 is 10.6 Å². The molecule has 1 saturated heterocycles. The fourth-order valence-electron chi connectivity index (χ4n) is 3.11. The maximum atomic E-state index is 13.9. The number of amides is 1. The van der Waals surface area contributed by atoms with Gasteiger partial charge in [0.25, 0.3) is 0 Å². The summed E-state index contributed by atoms with van der Waals surface area (Å²) in [5, 5.41) is 0. The Kier molecular flexibility index (Phi) is 4.72. The van der Waals surface area contributed by atoms with Crippen LogP contribution in [-0.4, -0.2) is 37.0 Å². The molecule has 1 atom stereocenters. The Bertz CT molecular complexity index is 757. The topological polar surface area (TPSA) is 49.6 Å². The van der Waals surface area contributed by atoms with E-state index in [1.54, 1.807) is 16.7 Å². The lowest BCUT2D eigenvalue weighted by atomic mass is 9.91. The lowest BCUT2D eigenvalue weighted by Gasteiger charge is -2.39. The number of carbonyl (C=O) groups excluding carboxylic acids is 1. The standard InChI is InChI=1S/C19H21F2N3O/c1-19(22,14-5-3-2-4-6-14)18(25)24-11-9-23(10-12-24)17-13-15(20)7-8-16(17)21/h2-8,13H,9-12,22H2,1H3. The molecule has 0 saturated carbocycles. The van der Waals surface area contributed by atoms with Crippen LogP contribution in [0.4, 0.5) is 14.5 Å². The first kappa shape index (κ1) is 17.4. The molecule has 1 aliphatic rings. The Hall–Kier alpha value is -2.47. The lowest BCUT2D eigenvalue weighted by molar-refractivity contribution is -0.137. The zero-order valence-electron chi connectivity index (χ0n) is 14.1. The van der Waals surface area contributed by atoms with Gasteiger partial charge in [-0.3, -0.25) is 4.79 Å². The highest BCUT2D eigenvalue weighted by Crippen LogP contribution is 2.24. The third kappa shape index (κ3) is 3.49. The molecule has 1 unspecified atom stereocenters. The van der Waals surface area contributed by atoms with Crippen molar-refractivity contribution in [3.05, 3.63) is 65.7 Å². The van der Waals surface area contributed by atoms with E-state index in [4.69, 9.17) is 5.73 Å². The van der Waals surface area contributed by atoms with E-state index in [-0.39, 0.29) is 11.6 Å². The molecular formula is C19H21F2N3O. The molecule has 25 heavy (non-hydrogen) atoms. The Morgan fingerprint density at radius 1 is 1.04 bits per heavy atom. The molecule has 0 aromatic heterocycles. The van der Waals surface area contributed by atoms with Gasteiger partial charge >= 0.3 is 0 Å². The largest absolute Gasteiger partial charge is 0.366 e. The van der Waals surface area contributed by atoms with Gasteiger partial charge in [-0.1, -0.05) is 30.3 Å². The summed E-state index contributed by atoms with van der Waals surface area (Å²) in [6.45, 7) is 3.38. The molecule has 132 valence electrons. The molecule has 1 heterocycles. The Morgan fingerprint density at radius 3 is 2.32 bits per heavy atom. The molecule has 0 aliphatic carbocycles. The van der Waals surface area contributed by atoms with Crippen molar-refractivity contribution in [1.82, 2.24) is 4.90 Å². The highest BCUT2D eigenvalue weighted by atomic mass is 19.1. The van der Waals surface area contributed by atoms with E-state index in [2.05, 4.69) is 0 Å². The number of carbonyl (C=O) groups is 1. The normalized spacial score (nSPS) is 17.3. The van der Waals surface area contributed by atoms with E-state index in [1.165, 1.54) is 6.07 Å². The van der Waals surface area contributed by atoms with E-state index >= 15 is 0 Å². The summed E-state index contributed by atoms with van der Waals surface area (Å²) in [5.41, 5.74) is 6.15. The van der Waals surface area contributed by atoms with Gasteiger partial charge in [0.15, 0.2) is 0 Å². The summed E-state index contributed by atoms with van der Waals surface area (Å²) >= 11 is 0. The van der Waals surface area contributed by atoms with Crippen LogP contribution in [0.1, 0.15) is 12.5 Å². The molecule has 6 heteroatoms. The zero-order valence-corrected chi connectivity index (χ0v) is 14.1. The Balaban J connectivity index is 1.70. The first-order valence-electron chi connectivity index (χ1n) is 8.23. The molecule has 0 bridgehead atoms. The van der Waals surface area contributed by atoms with Crippen LogP contribution in [0.3, 0.4) is 0 Å². The fourth-order valence-corrected chi connectivity index (χ4v) is 3.11. The second-order valence-corrected chi connectivity index (χ2v) is 6.44. The maximum absolute atomic E-state index is 13.9. The lowest BCUT2D eigenvalue weighted by Crippen LogP contribution is -2.57. The van der Waals surface area contributed by atoms with Crippen molar-refractivity contribution in [3.63, 3.8) is 0 Å². The quantitative estimate of drug-likeness (QED) is 0.930. The highest BCUT2D eigenvalue weighted by molar-refractivity contribution is 5.87. The number of piperazine rings is 1. The molecule has 0 spiro atoms. The molecule has 2 N–H and O–H groups in total. The third-order valence-electron chi connectivity index (χ3n) is 4.63. The molecule has 1 aliphatic heterocycles. The number of hydrogen-bond donors (Lipinski definition) is 1. The van der Waals surface area contributed by atoms with Gasteiger partial charge in [-0.05, 0) is 24.6 Å². The van der Waals surface area contributed by atoms with Crippen molar-refractivity contribution >= 4 is 11.6 Å². The van der Waals surface area contributed by atoms with Gasteiger partial charge < -0.3 is 15.5 Å². The number of rotatable bonds is 3. The minimum absolute atomic E-state index is 0.168. The molecule has 1 fully saturated rings. The number of anilines is 1. The van der Waals surface area contributed by atoms with Gasteiger partial charge in [-0.2, -0.15) is 0 Å². The summed E-state index contributed by atoms with van der Waals surface area (Å²) in [6.07, 6.45) is 0. The molecule has 1 amide bonds. The smallest absolute Gasteiger partial charge is 0.247 e. The van der Waals surface area contributed by atoms with Gasteiger partial charge in [0.2, 0.25) is 5.91 Å². The van der Waals surface area contributed by atoms with E-state index in [0.717, 1.165) is 17.7 Å². The molecule has 4 nitrogen and oxygen atoms in total. The summed E-state index contributed by atoms with van der Waals surface area (Å²) in [4.78, 5) is 16.3. The number of halogens is 2. The first-order chi connectivity index (χ1) is 11.9. The van der Waals surface area contributed by atoms with E-state index in [1.807, 2.05) is 30.3 Å². The van der Waals surface area contributed by atoms with Crippen LogP contribution in [0.2, 0.25) is 0 Å². The molecule has 3 rings (SSSR count). The van der Waals surface area contributed by atoms with Crippen molar-refractivity contribution < 1.29 is 13.6 Å². The van der Waals surface area contributed by atoms with Crippen LogP contribution in [0.5, 0.6) is 0 Å². The Labute approximate surface area is 145 Å². The number of hydrogen-bond acceptors (Lipinski definition) is 3. The van der Waals surface area contributed by atoms with Crippen molar-refractivity contribution in [2.75, 3.05) is 31.1 Å². The molecule has 2 aromatic rings. The summed E-state index contributed by atoms with van der Waals surface area (Å²) < 4.78 is 27.3. The second-order valence-electron chi connectivity index (χ2n) is 6.44. The summed E-state index contributed by atoms with van der Waals surface area (Å²) in [5.74, 6) is -1.11. The van der Waals surface area contributed by atoms with Crippen LogP contribution >= 0.6 is 0 Å². The predicted molar refractivity (Wildman–Crippen MR) is 93.1 cm³/mol. The van der Waals surface area contributed by atoms with Gasteiger partial charge in [0.05, 0.1) is 5.69 Å². The van der Waals surface area contributed by atoms with Gasteiger partial charge in [-0.15, -0.1) is 0 Å². The van der Waals surface area contributed by atoms with Gasteiger partial charge in [0, 0.05) is 32.2 Å². The van der Waals surface area contributed by atoms with Crippen LogP contribution in [-0.2, 0) is 10.3 Å². The predicted octanol–water partition coefficient (Wildman–Crippen LogP) is 2.49. The monoisotopic (exact) mass is 345 g/mol. The van der Waals surface area contributed by atoms with Crippen molar-refractivity contribution in [3.8, 4) is 0 Å². The third-order valence-corrected chi connectivity index (χ3v) is 4.63. The van der Waals surface area contributed by atoms with E-state index in [0.29, 0.717) is 26.2 Å². The SMILES string of the molecule is CC(N)(C(=O)N1CCN(c2cc(F)ccc2F)CC1)c1ccccc1. The summed E-state index contributed by atoms with van der Waals surface area (Å²) in [6, 6.07) is 12.6. The Morgan fingerprint density at radius 2 is 1.68 bits per heavy atom. The molecule has 0 radical (unpaired) electrons. The minimum Gasteiger partial charge on any atom is -0.366 e. The van der Waals surface area contributed by atoms with E-state index < -0.39 is 17.2 Å². The van der Waals surface area contributed by atoms with Crippen molar-refractivity contribution in [1.29, 1.82) is 0 Å². The van der Waals surface area contributed by atoms with Crippen molar-refractivity contribution in [2.24, 2.45) is 5.73 Å². The average molecular weight is 345 g/mol. The average Bonchev–Trinajstić information content (AvgIpc) is 2.64. The number of nitrogens with zero attached hydrogens (tertiary/aromatic N) is 2. The van der Waals surface area contributed by atoms with Crippen LogP contribution in [0, 0.1) is 11.6 Å². The van der Waals surface area contributed by atoms with Gasteiger partial charge in [0.1, 0.15) is 17.2 Å².